The third-order valence-electron chi connectivity index (χ3n) is 4.89. The van der Waals surface area contributed by atoms with Crippen LogP contribution in [0.4, 0.5) is 4.39 Å². The van der Waals surface area contributed by atoms with Crippen molar-refractivity contribution in [1.82, 2.24) is 9.88 Å². The van der Waals surface area contributed by atoms with Crippen LogP contribution in [0.3, 0.4) is 0 Å². The fourth-order valence-corrected chi connectivity index (χ4v) is 4.64. The molecule has 0 aliphatic carbocycles. The molecule has 126 valence electrons. The number of hydrogen-bond donors (Lipinski definition) is 2. The van der Waals surface area contributed by atoms with E-state index in [-0.39, 0.29) is 11.7 Å². The SMILES string of the molecule is CNC(=O)C1Cn2c(cc3cc(F)ccc32)C1(N)c1ccc(C#N)s1. The highest BCUT2D eigenvalue weighted by Crippen LogP contribution is 2.46. The molecule has 0 saturated heterocycles. The number of hydrogen-bond acceptors (Lipinski definition) is 4. The quantitative estimate of drug-likeness (QED) is 0.741. The predicted octanol–water partition coefficient (Wildman–Crippen LogP) is 2.29. The zero-order valence-electron chi connectivity index (χ0n) is 13.4. The lowest BCUT2D eigenvalue weighted by atomic mass is 9.82. The van der Waals surface area contributed by atoms with Gasteiger partial charge < -0.3 is 15.6 Å². The van der Waals surface area contributed by atoms with E-state index in [0.717, 1.165) is 21.5 Å². The monoisotopic (exact) mass is 354 g/mol. The molecule has 2 aromatic heterocycles. The minimum Gasteiger partial charge on any atom is -0.359 e. The van der Waals surface area contributed by atoms with Gasteiger partial charge >= 0.3 is 0 Å². The molecule has 1 aromatic carbocycles. The summed E-state index contributed by atoms with van der Waals surface area (Å²) < 4.78 is 15.6. The Morgan fingerprint density at radius 1 is 1.44 bits per heavy atom. The first-order chi connectivity index (χ1) is 12.0. The van der Waals surface area contributed by atoms with Crippen LogP contribution in [0.1, 0.15) is 15.4 Å². The van der Waals surface area contributed by atoms with Crippen molar-refractivity contribution >= 4 is 28.1 Å². The lowest BCUT2D eigenvalue weighted by Gasteiger charge is -2.28. The number of aromatic nitrogens is 1. The summed E-state index contributed by atoms with van der Waals surface area (Å²) in [5.74, 6) is -0.981. The molecule has 5 nitrogen and oxygen atoms in total. The zero-order valence-corrected chi connectivity index (χ0v) is 14.2. The normalized spacial score (nSPS) is 21.9. The van der Waals surface area contributed by atoms with Gasteiger partial charge in [0.2, 0.25) is 5.91 Å². The van der Waals surface area contributed by atoms with E-state index in [9.17, 15) is 9.18 Å². The molecule has 4 rings (SSSR count). The minimum absolute atomic E-state index is 0.159. The summed E-state index contributed by atoms with van der Waals surface area (Å²) in [6.45, 7) is 0.403. The number of nitrogens with one attached hydrogen (secondary N) is 1. The molecule has 1 aliphatic rings. The summed E-state index contributed by atoms with van der Waals surface area (Å²) in [4.78, 5) is 13.8. The molecule has 0 fully saturated rings. The van der Waals surface area contributed by atoms with E-state index < -0.39 is 11.5 Å². The van der Waals surface area contributed by atoms with E-state index >= 15 is 0 Å². The molecule has 3 aromatic rings. The van der Waals surface area contributed by atoms with Crippen molar-refractivity contribution in [3.05, 3.63) is 57.7 Å². The molecule has 25 heavy (non-hydrogen) atoms. The van der Waals surface area contributed by atoms with Crippen LogP contribution in [0.5, 0.6) is 0 Å². The Morgan fingerprint density at radius 3 is 2.92 bits per heavy atom. The van der Waals surface area contributed by atoms with Crippen molar-refractivity contribution in [2.24, 2.45) is 11.7 Å². The number of nitrogens with two attached hydrogens (primary N) is 1. The van der Waals surface area contributed by atoms with Crippen LogP contribution < -0.4 is 11.1 Å². The predicted molar refractivity (Wildman–Crippen MR) is 93.5 cm³/mol. The molecular weight excluding hydrogens is 339 g/mol. The summed E-state index contributed by atoms with van der Waals surface area (Å²) in [7, 11) is 1.58. The summed E-state index contributed by atoms with van der Waals surface area (Å²) >= 11 is 1.28. The Labute approximate surface area is 147 Å². The fraction of sp³-hybridized carbons (Fsp3) is 0.222. The highest BCUT2D eigenvalue weighted by molar-refractivity contribution is 7.12. The van der Waals surface area contributed by atoms with Crippen LogP contribution in [0.15, 0.2) is 36.4 Å². The molecule has 1 aliphatic heterocycles. The molecular formula is C18H15FN4OS. The third kappa shape index (κ3) is 2.11. The van der Waals surface area contributed by atoms with Gasteiger partial charge in [-0.1, -0.05) is 0 Å². The smallest absolute Gasteiger partial charge is 0.227 e. The number of rotatable bonds is 2. The van der Waals surface area contributed by atoms with E-state index in [0.29, 0.717) is 11.4 Å². The number of amides is 1. The maximum atomic E-state index is 13.6. The highest BCUT2D eigenvalue weighted by atomic mass is 32.1. The molecule has 2 unspecified atom stereocenters. The van der Waals surface area contributed by atoms with Crippen LogP contribution >= 0.6 is 11.3 Å². The van der Waals surface area contributed by atoms with Gasteiger partial charge in [0.05, 0.1) is 5.92 Å². The Morgan fingerprint density at radius 2 is 2.24 bits per heavy atom. The average molecular weight is 354 g/mol. The van der Waals surface area contributed by atoms with Crippen LogP contribution in [-0.2, 0) is 16.9 Å². The number of carbonyl (C=O) groups is 1. The molecule has 0 spiro atoms. The lowest BCUT2D eigenvalue weighted by molar-refractivity contribution is -0.126. The first-order valence-corrected chi connectivity index (χ1v) is 8.61. The molecule has 1 amide bonds. The Bertz CT molecular complexity index is 1050. The number of nitrogens with zero attached hydrogens (tertiary/aromatic N) is 2. The molecule has 3 heterocycles. The lowest BCUT2D eigenvalue weighted by Crippen LogP contribution is -2.48. The van der Waals surface area contributed by atoms with Gasteiger partial charge in [-0.25, -0.2) is 4.39 Å². The number of thiophene rings is 1. The van der Waals surface area contributed by atoms with Gasteiger partial charge in [0.15, 0.2) is 0 Å². The first kappa shape index (κ1) is 15.8. The summed E-state index contributed by atoms with van der Waals surface area (Å²) in [6.07, 6.45) is 0. The molecule has 0 bridgehead atoms. The maximum Gasteiger partial charge on any atom is 0.227 e. The van der Waals surface area contributed by atoms with E-state index in [4.69, 9.17) is 11.0 Å². The summed E-state index contributed by atoms with van der Waals surface area (Å²) in [6, 6.07) is 12.0. The Kier molecular flexibility index (Phi) is 3.42. The van der Waals surface area contributed by atoms with Crippen LogP contribution in [-0.4, -0.2) is 17.5 Å². The Balaban J connectivity index is 1.97. The first-order valence-electron chi connectivity index (χ1n) is 7.79. The second-order valence-electron chi connectivity index (χ2n) is 6.15. The second-order valence-corrected chi connectivity index (χ2v) is 7.24. The van der Waals surface area contributed by atoms with E-state index in [2.05, 4.69) is 11.4 Å². The van der Waals surface area contributed by atoms with Gasteiger partial charge in [-0.15, -0.1) is 11.3 Å². The van der Waals surface area contributed by atoms with Gasteiger partial charge in [0, 0.05) is 35.1 Å². The van der Waals surface area contributed by atoms with Crippen LogP contribution in [0, 0.1) is 23.1 Å². The molecule has 7 heteroatoms. The molecule has 0 saturated carbocycles. The number of benzene rings is 1. The van der Waals surface area contributed by atoms with Crippen molar-refractivity contribution in [2.45, 2.75) is 12.1 Å². The van der Waals surface area contributed by atoms with E-state index in [1.165, 1.54) is 23.5 Å². The van der Waals surface area contributed by atoms with Crippen molar-refractivity contribution in [1.29, 1.82) is 5.26 Å². The van der Waals surface area contributed by atoms with Gasteiger partial charge in [-0.2, -0.15) is 5.26 Å². The number of nitriles is 1. The van der Waals surface area contributed by atoms with Gasteiger partial charge in [0.1, 0.15) is 22.3 Å². The van der Waals surface area contributed by atoms with Gasteiger partial charge in [-0.05, 0) is 36.4 Å². The maximum absolute atomic E-state index is 13.6. The Hall–Kier alpha value is -2.69. The van der Waals surface area contributed by atoms with Crippen molar-refractivity contribution in [2.75, 3.05) is 7.05 Å². The fourth-order valence-electron chi connectivity index (χ4n) is 3.67. The average Bonchev–Trinajstić information content (AvgIpc) is 3.28. The number of carbonyl (C=O) groups excluding carboxylic acids is 1. The molecule has 2 atom stereocenters. The highest BCUT2D eigenvalue weighted by Gasteiger charge is 2.50. The van der Waals surface area contributed by atoms with Crippen molar-refractivity contribution in [3.8, 4) is 6.07 Å². The largest absolute Gasteiger partial charge is 0.359 e. The van der Waals surface area contributed by atoms with Crippen molar-refractivity contribution in [3.63, 3.8) is 0 Å². The zero-order chi connectivity index (χ0) is 17.8. The molecule has 0 radical (unpaired) electrons. The topological polar surface area (TPSA) is 83.8 Å². The van der Waals surface area contributed by atoms with Gasteiger partial charge in [0.25, 0.3) is 0 Å². The standard InChI is InChI=1S/C18H15FN4OS/c1-22-17(24)13-9-23-14-4-2-11(19)6-10(14)7-15(23)18(13,21)16-5-3-12(8-20)25-16/h2-7,13H,9,21H2,1H3,(H,22,24). The number of halogens is 1. The summed E-state index contributed by atoms with van der Waals surface area (Å²) in [5, 5.41) is 12.6. The van der Waals surface area contributed by atoms with E-state index in [1.807, 2.05) is 10.6 Å². The van der Waals surface area contributed by atoms with E-state index in [1.54, 1.807) is 25.2 Å². The van der Waals surface area contributed by atoms with Gasteiger partial charge in [-0.3, -0.25) is 4.79 Å². The third-order valence-corrected chi connectivity index (χ3v) is 6.03. The van der Waals surface area contributed by atoms with Crippen molar-refractivity contribution < 1.29 is 9.18 Å². The number of fused-ring (bicyclic) bond motifs is 3. The second kappa shape index (κ2) is 5.41. The van der Waals surface area contributed by atoms with Crippen LogP contribution in [0.25, 0.3) is 10.9 Å². The van der Waals surface area contributed by atoms with Crippen LogP contribution in [0.2, 0.25) is 0 Å². The molecule has 3 N–H and O–H groups in total. The minimum atomic E-state index is -1.06. The summed E-state index contributed by atoms with van der Waals surface area (Å²) in [5.41, 5.74) is 7.35.